The maximum Gasteiger partial charge on any atom is 0.153 e. The summed E-state index contributed by atoms with van der Waals surface area (Å²) in [6, 6.07) is 13.8. The van der Waals surface area contributed by atoms with Gasteiger partial charge in [0.15, 0.2) is 5.82 Å². The number of nitrogens with two attached hydrogens (primary N) is 1. The molecule has 4 heteroatoms. The van der Waals surface area contributed by atoms with Crippen LogP contribution in [-0.4, -0.2) is 16.0 Å². The minimum Gasteiger partial charge on any atom is -0.382 e. The van der Waals surface area contributed by atoms with E-state index in [1.165, 1.54) is 5.56 Å². The van der Waals surface area contributed by atoms with Gasteiger partial charge in [-0.3, -0.25) is 9.89 Å². The van der Waals surface area contributed by atoms with Crippen LogP contribution in [0.1, 0.15) is 16.7 Å². The van der Waals surface area contributed by atoms with Gasteiger partial charge in [0.1, 0.15) is 5.78 Å². The molecule has 3 aromatic rings. The summed E-state index contributed by atoms with van der Waals surface area (Å²) in [6.45, 7) is 2.03. The van der Waals surface area contributed by atoms with Gasteiger partial charge in [-0.25, -0.2) is 0 Å². The summed E-state index contributed by atoms with van der Waals surface area (Å²) in [7, 11) is 0. The first-order valence-electron chi connectivity index (χ1n) is 6.91. The summed E-state index contributed by atoms with van der Waals surface area (Å²) in [5.41, 5.74) is 9.88. The summed E-state index contributed by atoms with van der Waals surface area (Å²) in [4.78, 5) is 12.2. The van der Waals surface area contributed by atoms with Crippen molar-refractivity contribution in [2.75, 3.05) is 5.73 Å². The van der Waals surface area contributed by atoms with Gasteiger partial charge in [0.2, 0.25) is 0 Å². The molecule has 1 aromatic heterocycles. The summed E-state index contributed by atoms with van der Waals surface area (Å²) in [5.74, 6) is 0.667. The Bertz CT molecular complexity index is 805. The monoisotopic (exact) mass is 279 g/mol. The zero-order valence-corrected chi connectivity index (χ0v) is 11.9. The van der Waals surface area contributed by atoms with E-state index in [4.69, 9.17) is 5.73 Å². The molecule has 2 aromatic carbocycles. The number of hydrogen-bond acceptors (Lipinski definition) is 3. The number of rotatable bonds is 4. The molecule has 0 radical (unpaired) electrons. The molecule has 0 bridgehead atoms. The van der Waals surface area contributed by atoms with E-state index >= 15 is 0 Å². The number of carbonyl (C=O) groups is 1. The minimum absolute atomic E-state index is 0.196. The maximum absolute atomic E-state index is 12.2. The van der Waals surface area contributed by atoms with Crippen molar-refractivity contribution < 1.29 is 4.79 Å². The predicted molar refractivity (Wildman–Crippen MR) is 84.1 cm³/mol. The van der Waals surface area contributed by atoms with Crippen molar-refractivity contribution in [3.8, 4) is 0 Å². The number of anilines is 1. The molecule has 0 fully saturated rings. The molecule has 0 saturated heterocycles. The van der Waals surface area contributed by atoms with Gasteiger partial charge in [-0.1, -0.05) is 35.9 Å². The predicted octanol–water partition coefficient (Wildman–Crippen LogP) is 2.81. The summed E-state index contributed by atoms with van der Waals surface area (Å²) < 4.78 is 0. The van der Waals surface area contributed by atoms with Gasteiger partial charge in [-0.05, 0) is 30.2 Å². The van der Waals surface area contributed by atoms with E-state index in [1.807, 2.05) is 43.3 Å². The molecular weight excluding hydrogens is 262 g/mol. The van der Waals surface area contributed by atoms with Crippen LogP contribution in [0.2, 0.25) is 0 Å². The molecule has 3 rings (SSSR count). The first-order valence-corrected chi connectivity index (χ1v) is 6.91. The molecule has 0 aliphatic carbocycles. The molecule has 106 valence electrons. The molecule has 0 atom stereocenters. The smallest absolute Gasteiger partial charge is 0.153 e. The molecule has 0 amide bonds. The van der Waals surface area contributed by atoms with Crippen molar-refractivity contribution in [2.24, 2.45) is 0 Å². The summed E-state index contributed by atoms with van der Waals surface area (Å²) >= 11 is 0. The van der Waals surface area contributed by atoms with Crippen LogP contribution in [0.5, 0.6) is 0 Å². The van der Waals surface area contributed by atoms with Gasteiger partial charge < -0.3 is 5.73 Å². The summed E-state index contributed by atoms with van der Waals surface area (Å²) in [6.07, 6.45) is 0.870. The fourth-order valence-corrected chi connectivity index (χ4v) is 2.53. The Morgan fingerprint density at radius 3 is 2.67 bits per heavy atom. The second kappa shape index (κ2) is 5.40. The second-order valence-corrected chi connectivity index (χ2v) is 5.37. The first-order chi connectivity index (χ1) is 10.1. The Morgan fingerprint density at radius 2 is 1.90 bits per heavy atom. The number of aromatic nitrogens is 2. The Balaban J connectivity index is 1.75. The van der Waals surface area contributed by atoms with Gasteiger partial charge in [0, 0.05) is 18.2 Å². The Hall–Kier alpha value is -2.62. The molecular formula is C17H17N3O. The Labute approximate surface area is 123 Å². The van der Waals surface area contributed by atoms with E-state index in [-0.39, 0.29) is 5.78 Å². The zero-order valence-electron chi connectivity index (χ0n) is 11.9. The number of nitrogens with one attached hydrogen (secondary N) is 1. The topological polar surface area (TPSA) is 71.8 Å². The number of carbonyl (C=O) groups excluding carboxylic acids is 1. The third kappa shape index (κ3) is 2.94. The third-order valence-corrected chi connectivity index (χ3v) is 3.54. The van der Waals surface area contributed by atoms with Crippen molar-refractivity contribution in [1.82, 2.24) is 10.2 Å². The fourth-order valence-electron chi connectivity index (χ4n) is 2.53. The highest BCUT2D eigenvalue weighted by Gasteiger charge is 2.08. The number of hydrogen-bond donors (Lipinski definition) is 2. The lowest BCUT2D eigenvalue weighted by atomic mass is 10.0. The highest BCUT2D eigenvalue weighted by Crippen LogP contribution is 2.19. The number of Topliss-reactive ketones (excluding diaryl/α,β-unsaturated/α-hetero) is 1. The number of H-pyrrole nitrogens is 1. The van der Waals surface area contributed by atoms with E-state index in [0.29, 0.717) is 18.7 Å². The lowest BCUT2D eigenvalue weighted by molar-refractivity contribution is -0.117. The van der Waals surface area contributed by atoms with Crippen LogP contribution in [0.25, 0.3) is 10.9 Å². The highest BCUT2D eigenvalue weighted by atomic mass is 16.1. The van der Waals surface area contributed by atoms with Crippen LogP contribution in [0.4, 0.5) is 5.82 Å². The van der Waals surface area contributed by atoms with Gasteiger partial charge in [0.05, 0.1) is 5.52 Å². The number of aryl methyl sites for hydroxylation is 1. The molecule has 3 N–H and O–H groups in total. The SMILES string of the molecule is Cc1cccc(CC(=O)Cc2ccc3[nH]nc(N)c3c2)c1. The van der Waals surface area contributed by atoms with Gasteiger partial charge in [-0.15, -0.1) is 0 Å². The largest absolute Gasteiger partial charge is 0.382 e. The lowest BCUT2D eigenvalue weighted by Crippen LogP contribution is -2.06. The number of fused-ring (bicyclic) bond motifs is 1. The van der Waals surface area contributed by atoms with Gasteiger partial charge in [0.25, 0.3) is 0 Å². The van der Waals surface area contributed by atoms with Gasteiger partial charge >= 0.3 is 0 Å². The van der Waals surface area contributed by atoms with Crippen molar-refractivity contribution in [3.05, 3.63) is 59.2 Å². The van der Waals surface area contributed by atoms with Crippen molar-refractivity contribution in [2.45, 2.75) is 19.8 Å². The van der Waals surface area contributed by atoms with Crippen molar-refractivity contribution >= 4 is 22.5 Å². The number of nitrogens with zero attached hydrogens (tertiary/aromatic N) is 1. The Kier molecular flexibility index (Phi) is 3.44. The molecule has 4 nitrogen and oxygen atoms in total. The second-order valence-electron chi connectivity index (χ2n) is 5.37. The van der Waals surface area contributed by atoms with E-state index in [9.17, 15) is 4.79 Å². The van der Waals surface area contributed by atoms with Crippen molar-refractivity contribution in [3.63, 3.8) is 0 Å². The van der Waals surface area contributed by atoms with Crippen LogP contribution in [0, 0.1) is 6.92 Å². The van der Waals surface area contributed by atoms with E-state index in [0.717, 1.165) is 22.0 Å². The molecule has 1 heterocycles. The number of nitrogen functional groups attached to an aromatic ring is 1. The molecule has 0 saturated carbocycles. The quantitative estimate of drug-likeness (QED) is 0.771. The Morgan fingerprint density at radius 1 is 1.14 bits per heavy atom. The average Bonchev–Trinajstić information content (AvgIpc) is 2.80. The zero-order chi connectivity index (χ0) is 14.8. The molecule has 0 aliphatic rings. The summed E-state index contributed by atoms with van der Waals surface area (Å²) in [5, 5.41) is 7.69. The van der Waals surface area contributed by atoms with Crippen LogP contribution in [-0.2, 0) is 17.6 Å². The highest BCUT2D eigenvalue weighted by molar-refractivity contribution is 5.90. The maximum atomic E-state index is 12.2. The van der Waals surface area contributed by atoms with E-state index in [1.54, 1.807) is 0 Å². The van der Waals surface area contributed by atoms with Crippen molar-refractivity contribution in [1.29, 1.82) is 0 Å². The molecule has 0 aliphatic heterocycles. The standard InChI is InChI=1S/C17H17N3O/c1-11-3-2-4-12(7-11)8-14(21)9-13-5-6-16-15(10-13)17(18)20-19-16/h2-7,10H,8-9H2,1H3,(H3,18,19,20). The molecule has 0 unspecified atom stereocenters. The van der Waals surface area contributed by atoms with Crippen LogP contribution in [0.15, 0.2) is 42.5 Å². The minimum atomic E-state index is 0.196. The van der Waals surface area contributed by atoms with E-state index < -0.39 is 0 Å². The average molecular weight is 279 g/mol. The number of benzene rings is 2. The normalized spacial score (nSPS) is 10.9. The number of aromatic amines is 1. The molecule has 0 spiro atoms. The first kappa shape index (κ1) is 13.4. The molecule has 21 heavy (non-hydrogen) atoms. The fraction of sp³-hybridized carbons (Fsp3) is 0.176. The number of ketones is 1. The van der Waals surface area contributed by atoms with E-state index in [2.05, 4.69) is 16.3 Å². The van der Waals surface area contributed by atoms with Crippen LogP contribution in [0.3, 0.4) is 0 Å². The lowest BCUT2D eigenvalue weighted by Gasteiger charge is -2.03. The van der Waals surface area contributed by atoms with Crippen LogP contribution < -0.4 is 5.73 Å². The third-order valence-electron chi connectivity index (χ3n) is 3.54. The van der Waals surface area contributed by atoms with Crippen LogP contribution >= 0.6 is 0 Å². The van der Waals surface area contributed by atoms with Gasteiger partial charge in [-0.2, -0.15) is 5.10 Å².